The van der Waals surface area contributed by atoms with Gasteiger partial charge in [0.25, 0.3) is 5.91 Å². The van der Waals surface area contributed by atoms with Crippen LogP contribution in [0.2, 0.25) is 0 Å². The Labute approximate surface area is 139 Å². The molecule has 0 aliphatic carbocycles. The number of aromatic nitrogens is 2. The SMILES string of the molecule is CCc1nnsc1C(=O)Nc1cccc(OCC2CCCO2)c1. The van der Waals surface area contributed by atoms with Crippen molar-refractivity contribution in [2.45, 2.75) is 32.3 Å². The molecule has 23 heavy (non-hydrogen) atoms. The Morgan fingerprint density at radius 3 is 3.22 bits per heavy atom. The first-order valence-corrected chi connectivity index (χ1v) is 8.50. The van der Waals surface area contributed by atoms with E-state index in [-0.39, 0.29) is 12.0 Å². The molecule has 1 amide bonds. The van der Waals surface area contributed by atoms with Gasteiger partial charge in [0.2, 0.25) is 0 Å². The number of nitrogens with one attached hydrogen (secondary N) is 1. The van der Waals surface area contributed by atoms with Crippen LogP contribution in [-0.2, 0) is 11.2 Å². The third-order valence-corrected chi connectivity index (χ3v) is 4.42. The van der Waals surface area contributed by atoms with E-state index in [0.717, 1.165) is 42.4 Å². The average molecular weight is 333 g/mol. The molecule has 1 N–H and O–H groups in total. The van der Waals surface area contributed by atoms with E-state index in [0.29, 0.717) is 23.6 Å². The highest BCUT2D eigenvalue weighted by Gasteiger charge is 2.17. The highest BCUT2D eigenvalue weighted by molar-refractivity contribution is 7.08. The van der Waals surface area contributed by atoms with Crippen LogP contribution in [0, 0.1) is 0 Å². The maximum Gasteiger partial charge on any atom is 0.269 e. The van der Waals surface area contributed by atoms with Gasteiger partial charge in [-0.1, -0.05) is 17.5 Å². The van der Waals surface area contributed by atoms with Crippen molar-refractivity contribution in [2.75, 3.05) is 18.5 Å². The zero-order valence-corrected chi connectivity index (χ0v) is 13.8. The first kappa shape index (κ1) is 15.9. The second-order valence-corrected chi connectivity index (χ2v) is 6.08. The Hall–Kier alpha value is -1.99. The summed E-state index contributed by atoms with van der Waals surface area (Å²) in [7, 11) is 0. The fourth-order valence-electron chi connectivity index (χ4n) is 2.43. The first-order chi connectivity index (χ1) is 11.3. The lowest BCUT2D eigenvalue weighted by atomic mass is 10.2. The largest absolute Gasteiger partial charge is 0.491 e. The molecule has 1 unspecified atom stereocenters. The quantitative estimate of drug-likeness (QED) is 0.880. The second-order valence-electron chi connectivity index (χ2n) is 5.33. The molecule has 1 aromatic carbocycles. The van der Waals surface area contributed by atoms with Crippen molar-refractivity contribution in [1.82, 2.24) is 9.59 Å². The van der Waals surface area contributed by atoms with Gasteiger partial charge < -0.3 is 14.8 Å². The van der Waals surface area contributed by atoms with Gasteiger partial charge in [-0.3, -0.25) is 4.79 Å². The standard InChI is InChI=1S/C16H19N3O3S/c1-2-14-15(23-19-18-14)16(20)17-11-5-3-6-12(9-11)22-10-13-7-4-8-21-13/h3,5-6,9,13H,2,4,7-8,10H2,1H3,(H,17,20). The molecule has 7 heteroatoms. The minimum Gasteiger partial charge on any atom is -0.491 e. The molecule has 0 spiro atoms. The van der Waals surface area contributed by atoms with Crippen molar-refractivity contribution in [3.8, 4) is 5.75 Å². The van der Waals surface area contributed by atoms with Crippen LogP contribution in [0.5, 0.6) is 5.75 Å². The lowest BCUT2D eigenvalue weighted by molar-refractivity contribution is 0.0680. The summed E-state index contributed by atoms with van der Waals surface area (Å²) < 4.78 is 15.1. The van der Waals surface area contributed by atoms with Gasteiger partial charge in [-0.05, 0) is 42.9 Å². The van der Waals surface area contributed by atoms with Crippen molar-refractivity contribution in [3.05, 3.63) is 34.8 Å². The maximum absolute atomic E-state index is 12.3. The molecule has 1 atom stereocenters. The number of rotatable bonds is 6. The number of carbonyl (C=O) groups is 1. The number of amides is 1. The molecular weight excluding hydrogens is 314 g/mol. The Kier molecular flexibility index (Phi) is 5.19. The summed E-state index contributed by atoms with van der Waals surface area (Å²) in [6, 6.07) is 7.37. The number of anilines is 1. The molecular formula is C16H19N3O3S. The van der Waals surface area contributed by atoms with Gasteiger partial charge in [-0.25, -0.2) is 0 Å². The predicted molar refractivity (Wildman–Crippen MR) is 88.2 cm³/mol. The molecule has 122 valence electrons. The van der Waals surface area contributed by atoms with Crippen LogP contribution in [-0.4, -0.2) is 34.8 Å². The number of benzene rings is 1. The monoisotopic (exact) mass is 333 g/mol. The van der Waals surface area contributed by atoms with E-state index >= 15 is 0 Å². The predicted octanol–water partition coefficient (Wildman–Crippen LogP) is 2.91. The second kappa shape index (κ2) is 7.52. The highest BCUT2D eigenvalue weighted by Crippen LogP contribution is 2.21. The topological polar surface area (TPSA) is 73.3 Å². The third-order valence-electron chi connectivity index (χ3n) is 3.65. The molecule has 0 bridgehead atoms. The molecule has 2 heterocycles. The molecule has 1 saturated heterocycles. The van der Waals surface area contributed by atoms with Crippen molar-refractivity contribution < 1.29 is 14.3 Å². The zero-order chi connectivity index (χ0) is 16.1. The smallest absolute Gasteiger partial charge is 0.269 e. The summed E-state index contributed by atoms with van der Waals surface area (Å²) in [5.74, 6) is 0.532. The fourth-order valence-corrected chi connectivity index (χ4v) is 3.07. The van der Waals surface area contributed by atoms with Gasteiger partial charge in [0.15, 0.2) is 0 Å². The Morgan fingerprint density at radius 1 is 1.52 bits per heavy atom. The van der Waals surface area contributed by atoms with Gasteiger partial charge >= 0.3 is 0 Å². The van der Waals surface area contributed by atoms with Crippen LogP contribution in [0.15, 0.2) is 24.3 Å². The lowest BCUT2D eigenvalue weighted by Gasteiger charge is -2.12. The van der Waals surface area contributed by atoms with E-state index in [4.69, 9.17) is 9.47 Å². The molecule has 1 aliphatic rings. The zero-order valence-electron chi connectivity index (χ0n) is 12.9. The number of ether oxygens (including phenoxy) is 2. The van der Waals surface area contributed by atoms with Gasteiger partial charge in [-0.15, -0.1) is 5.10 Å². The summed E-state index contributed by atoms with van der Waals surface area (Å²) in [5, 5.41) is 6.83. The van der Waals surface area contributed by atoms with Crippen molar-refractivity contribution in [2.24, 2.45) is 0 Å². The van der Waals surface area contributed by atoms with Crippen LogP contribution in [0.3, 0.4) is 0 Å². The Bertz CT molecular complexity index is 668. The number of carbonyl (C=O) groups excluding carboxylic acids is 1. The average Bonchev–Trinajstić information content (AvgIpc) is 3.24. The molecule has 0 saturated carbocycles. The van der Waals surface area contributed by atoms with E-state index in [9.17, 15) is 4.79 Å². The fraction of sp³-hybridized carbons (Fsp3) is 0.438. The van der Waals surface area contributed by atoms with E-state index in [1.807, 2.05) is 31.2 Å². The molecule has 3 rings (SSSR count). The van der Waals surface area contributed by atoms with E-state index < -0.39 is 0 Å². The van der Waals surface area contributed by atoms with Gasteiger partial charge in [0.1, 0.15) is 17.2 Å². The summed E-state index contributed by atoms with van der Waals surface area (Å²) in [6.45, 7) is 3.30. The summed E-state index contributed by atoms with van der Waals surface area (Å²) in [6.07, 6.45) is 2.98. The number of hydrogen-bond donors (Lipinski definition) is 1. The van der Waals surface area contributed by atoms with Gasteiger partial charge in [-0.2, -0.15) is 0 Å². The summed E-state index contributed by atoms with van der Waals surface area (Å²) in [4.78, 5) is 12.8. The Balaban J connectivity index is 1.61. The molecule has 0 radical (unpaired) electrons. The van der Waals surface area contributed by atoms with Crippen molar-refractivity contribution in [1.29, 1.82) is 0 Å². The number of aryl methyl sites for hydroxylation is 1. The third kappa shape index (κ3) is 4.05. The van der Waals surface area contributed by atoms with Gasteiger partial charge in [0.05, 0.1) is 11.8 Å². The molecule has 2 aromatic rings. The molecule has 1 aliphatic heterocycles. The summed E-state index contributed by atoms with van der Waals surface area (Å²) in [5.41, 5.74) is 1.41. The molecule has 1 fully saturated rings. The number of hydrogen-bond acceptors (Lipinski definition) is 6. The highest BCUT2D eigenvalue weighted by atomic mass is 32.1. The van der Waals surface area contributed by atoms with Crippen LogP contribution in [0.25, 0.3) is 0 Å². The normalized spacial score (nSPS) is 17.2. The van der Waals surface area contributed by atoms with Crippen molar-refractivity contribution >= 4 is 23.1 Å². The molecule has 1 aromatic heterocycles. The van der Waals surface area contributed by atoms with Crippen LogP contribution in [0.1, 0.15) is 35.1 Å². The molecule has 6 nitrogen and oxygen atoms in total. The van der Waals surface area contributed by atoms with Crippen LogP contribution in [0.4, 0.5) is 5.69 Å². The first-order valence-electron chi connectivity index (χ1n) is 7.73. The maximum atomic E-state index is 12.3. The van der Waals surface area contributed by atoms with Crippen LogP contribution < -0.4 is 10.1 Å². The minimum absolute atomic E-state index is 0.170. The van der Waals surface area contributed by atoms with Gasteiger partial charge in [0, 0.05) is 18.4 Å². The summed E-state index contributed by atoms with van der Waals surface area (Å²) >= 11 is 1.11. The van der Waals surface area contributed by atoms with E-state index in [2.05, 4.69) is 14.9 Å². The minimum atomic E-state index is -0.187. The Morgan fingerprint density at radius 2 is 2.43 bits per heavy atom. The van der Waals surface area contributed by atoms with E-state index in [1.54, 1.807) is 0 Å². The van der Waals surface area contributed by atoms with Crippen LogP contribution >= 0.6 is 11.5 Å². The number of nitrogens with zero attached hydrogens (tertiary/aromatic N) is 2. The lowest BCUT2D eigenvalue weighted by Crippen LogP contribution is -2.16. The van der Waals surface area contributed by atoms with Crippen molar-refractivity contribution in [3.63, 3.8) is 0 Å². The van der Waals surface area contributed by atoms with E-state index in [1.165, 1.54) is 0 Å².